The number of nitrogen functional groups attached to an aromatic ring is 1. The normalized spacial score (nSPS) is 14.4. The Bertz CT molecular complexity index is 1060. The summed E-state index contributed by atoms with van der Waals surface area (Å²) in [7, 11) is 0. The lowest BCUT2D eigenvalue weighted by Crippen LogP contribution is -2.29. The number of anilines is 1. The molecule has 3 aromatic rings. The third-order valence-corrected chi connectivity index (χ3v) is 4.93. The molecule has 1 aromatic carbocycles. The van der Waals surface area contributed by atoms with Gasteiger partial charge in [0.1, 0.15) is 0 Å². The monoisotopic (exact) mass is 398 g/mol. The average Bonchev–Trinajstić information content (AvgIpc) is 3.25. The van der Waals surface area contributed by atoms with Crippen molar-refractivity contribution in [2.24, 2.45) is 0 Å². The number of aromatic nitrogens is 3. The Balaban J connectivity index is 1.49. The van der Waals surface area contributed by atoms with Gasteiger partial charge in [-0.2, -0.15) is 4.98 Å². The molecule has 3 N–H and O–H groups in total. The Morgan fingerprint density at radius 2 is 2.00 bits per heavy atom. The van der Waals surface area contributed by atoms with Crippen molar-refractivity contribution < 1.29 is 9.13 Å². The number of pyridine rings is 1. The summed E-state index contributed by atoms with van der Waals surface area (Å²) in [5, 5.41) is 3.68. The molecule has 1 aliphatic heterocycles. The molecule has 4 rings (SSSR count). The molecule has 152 valence electrons. The number of hydrogen-bond acceptors (Lipinski definition) is 7. The van der Waals surface area contributed by atoms with E-state index in [1.165, 1.54) is 50.2 Å². The third-order valence-electron chi connectivity index (χ3n) is 4.93. The summed E-state index contributed by atoms with van der Waals surface area (Å²) in [5.74, 6) is 5.61. The summed E-state index contributed by atoms with van der Waals surface area (Å²) >= 11 is 0. The van der Waals surface area contributed by atoms with Crippen LogP contribution in [-0.2, 0) is 0 Å². The van der Waals surface area contributed by atoms with Crippen LogP contribution in [0.4, 0.5) is 10.3 Å². The molecule has 3 heterocycles. The lowest BCUT2D eigenvalue weighted by Gasteiger charge is -2.14. The molecule has 0 amide bonds. The van der Waals surface area contributed by atoms with Crippen molar-refractivity contribution in [3.05, 3.63) is 52.7 Å². The Morgan fingerprint density at radius 1 is 1.21 bits per heavy atom. The second-order valence-corrected chi connectivity index (χ2v) is 7.02. The maximum Gasteiger partial charge on any atom is 0.313 e. The van der Waals surface area contributed by atoms with Gasteiger partial charge < -0.3 is 20.8 Å². The summed E-state index contributed by atoms with van der Waals surface area (Å²) < 4.78 is 20.1. The van der Waals surface area contributed by atoms with Gasteiger partial charge in [0.2, 0.25) is 5.95 Å². The van der Waals surface area contributed by atoms with Crippen molar-refractivity contribution in [3.8, 4) is 11.5 Å². The molecule has 0 unspecified atom stereocenters. The number of benzene rings is 1. The minimum atomic E-state index is -0.612. The fourth-order valence-electron chi connectivity index (χ4n) is 3.41. The first-order valence-electron chi connectivity index (χ1n) is 9.68. The van der Waals surface area contributed by atoms with E-state index in [1.54, 1.807) is 12.3 Å². The van der Waals surface area contributed by atoms with E-state index in [0.29, 0.717) is 11.3 Å². The van der Waals surface area contributed by atoms with Gasteiger partial charge >= 0.3 is 5.56 Å². The molecule has 1 saturated heterocycles. The van der Waals surface area contributed by atoms with Gasteiger partial charge in [-0.15, -0.1) is 0 Å². The summed E-state index contributed by atoms with van der Waals surface area (Å²) in [6.07, 6.45) is 5.09. The number of hydrogen-bond donors (Lipinski definition) is 2. The number of fused-ring (bicyclic) bond motifs is 1. The molecule has 9 heteroatoms. The predicted molar refractivity (Wildman–Crippen MR) is 109 cm³/mol. The van der Waals surface area contributed by atoms with E-state index >= 15 is 0 Å². The maximum absolute atomic E-state index is 13.8. The summed E-state index contributed by atoms with van der Waals surface area (Å²) in [5.41, 5.74) is -0.340. The van der Waals surface area contributed by atoms with Gasteiger partial charge in [0.25, 0.3) is 0 Å². The standard InChI is InChI=1S/C20H23FN6O2/c21-15-6-1-2-7-16(15)29-17-12-14-13-24-20(25-18(14)27(22)19(17)28)23-8-5-11-26-9-3-4-10-26/h1-2,6-7,12-13H,3-5,8-11,22H2,(H,23,24,25). The first-order chi connectivity index (χ1) is 14.1. The quantitative estimate of drug-likeness (QED) is 0.466. The molecule has 1 fully saturated rings. The largest absolute Gasteiger partial charge is 0.448 e. The van der Waals surface area contributed by atoms with Gasteiger partial charge in [-0.1, -0.05) is 12.1 Å². The van der Waals surface area contributed by atoms with Crippen LogP contribution in [0.1, 0.15) is 19.3 Å². The van der Waals surface area contributed by atoms with Gasteiger partial charge in [0, 0.05) is 18.1 Å². The number of para-hydroxylation sites is 1. The van der Waals surface area contributed by atoms with Gasteiger partial charge in [-0.25, -0.2) is 14.1 Å². The van der Waals surface area contributed by atoms with E-state index < -0.39 is 11.4 Å². The number of rotatable bonds is 7. The van der Waals surface area contributed by atoms with E-state index in [1.807, 2.05) is 0 Å². The van der Waals surface area contributed by atoms with Gasteiger partial charge in [-0.3, -0.25) is 4.79 Å². The molecule has 1 aliphatic rings. The van der Waals surface area contributed by atoms with Crippen molar-refractivity contribution >= 4 is 17.0 Å². The van der Waals surface area contributed by atoms with E-state index in [4.69, 9.17) is 10.6 Å². The lowest BCUT2D eigenvalue weighted by molar-refractivity contribution is 0.337. The Labute approximate surface area is 167 Å². The number of halogens is 1. The second kappa shape index (κ2) is 8.44. The van der Waals surface area contributed by atoms with Crippen molar-refractivity contribution in [2.45, 2.75) is 19.3 Å². The highest BCUT2D eigenvalue weighted by Gasteiger charge is 2.14. The summed E-state index contributed by atoms with van der Waals surface area (Å²) in [6.45, 7) is 4.11. The van der Waals surface area contributed by atoms with Crippen LogP contribution in [0.15, 0.2) is 41.3 Å². The molecule has 0 atom stereocenters. The highest BCUT2D eigenvalue weighted by Crippen LogP contribution is 2.23. The van der Waals surface area contributed by atoms with Crippen molar-refractivity contribution in [2.75, 3.05) is 37.3 Å². The van der Waals surface area contributed by atoms with Crippen LogP contribution < -0.4 is 21.5 Å². The zero-order valence-corrected chi connectivity index (χ0v) is 16.0. The highest BCUT2D eigenvalue weighted by molar-refractivity contribution is 5.77. The fraction of sp³-hybridized carbons (Fsp3) is 0.350. The molecule has 29 heavy (non-hydrogen) atoms. The Hall–Kier alpha value is -3.20. The van der Waals surface area contributed by atoms with E-state index in [9.17, 15) is 9.18 Å². The van der Waals surface area contributed by atoms with E-state index in [-0.39, 0.29) is 17.1 Å². The highest BCUT2D eigenvalue weighted by atomic mass is 19.1. The van der Waals surface area contributed by atoms with Gasteiger partial charge in [0.15, 0.2) is 23.0 Å². The number of nitrogens with one attached hydrogen (secondary N) is 1. The van der Waals surface area contributed by atoms with Crippen molar-refractivity contribution in [3.63, 3.8) is 0 Å². The number of likely N-dealkylation sites (tertiary alicyclic amines) is 1. The molecule has 0 spiro atoms. The zero-order chi connectivity index (χ0) is 20.2. The Morgan fingerprint density at radius 3 is 2.79 bits per heavy atom. The fourth-order valence-corrected chi connectivity index (χ4v) is 3.41. The van der Waals surface area contributed by atoms with E-state index in [2.05, 4.69) is 20.2 Å². The van der Waals surface area contributed by atoms with E-state index in [0.717, 1.165) is 24.2 Å². The van der Waals surface area contributed by atoms with Gasteiger partial charge in [-0.05, 0) is 57.1 Å². The second-order valence-electron chi connectivity index (χ2n) is 7.02. The van der Waals surface area contributed by atoms with Crippen LogP contribution >= 0.6 is 0 Å². The molecular formula is C20H23FN6O2. The molecule has 0 radical (unpaired) electrons. The molecule has 0 bridgehead atoms. The topological polar surface area (TPSA) is 98.3 Å². The maximum atomic E-state index is 13.8. The Kier molecular flexibility index (Phi) is 5.57. The van der Waals surface area contributed by atoms with Gasteiger partial charge in [0.05, 0.1) is 0 Å². The molecule has 0 saturated carbocycles. The van der Waals surface area contributed by atoms with Crippen molar-refractivity contribution in [1.82, 2.24) is 19.5 Å². The SMILES string of the molecule is Nn1c(=O)c(Oc2ccccc2F)cc2cnc(NCCCN3CCCC3)nc21. The summed E-state index contributed by atoms with van der Waals surface area (Å²) in [6, 6.07) is 7.31. The first-order valence-corrected chi connectivity index (χ1v) is 9.68. The van der Waals surface area contributed by atoms with Crippen LogP contribution in [0.25, 0.3) is 11.0 Å². The van der Waals surface area contributed by atoms with Crippen LogP contribution in [-0.4, -0.2) is 45.7 Å². The average molecular weight is 398 g/mol. The smallest absolute Gasteiger partial charge is 0.313 e. The molecule has 0 aliphatic carbocycles. The number of nitrogens with zero attached hydrogens (tertiary/aromatic N) is 4. The van der Waals surface area contributed by atoms with Crippen LogP contribution in [0.3, 0.4) is 0 Å². The predicted octanol–water partition coefficient (Wildman–Crippen LogP) is 2.33. The summed E-state index contributed by atoms with van der Waals surface area (Å²) in [4.78, 5) is 23.6. The minimum Gasteiger partial charge on any atom is -0.448 e. The molecular weight excluding hydrogens is 375 g/mol. The first kappa shape index (κ1) is 19.1. The lowest BCUT2D eigenvalue weighted by atomic mass is 10.3. The third kappa shape index (κ3) is 4.29. The minimum absolute atomic E-state index is 0.0545. The molecule has 8 nitrogen and oxygen atoms in total. The number of nitrogens with two attached hydrogens (primary N) is 1. The van der Waals surface area contributed by atoms with Crippen LogP contribution in [0.5, 0.6) is 11.5 Å². The van der Waals surface area contributed by atoms with Crippen LogP contribution in [0, 0.1) is 5.82 Å². The zero-order valence-electron chi connectivity index (χ0n) is 16.0. The molecule has 2 aromatic heterocycles. The number of ether oxygens (including phenoxy) is 1. The van der Waals surface area contributed by atoms with Crippen LogP contribution in [0.2, 0.25) is 0 Å². The van der Waals surface area contributed by atoms with Crippen molar-refractivity contribution in [1.29, 1.82) is 0 Å².